The summed E-state index contributed by atoms with van der Waals surface area (Å²) in [5.41, 5.74) is 2.64. The van der Waals surface area contributed by atoms with Gasteiger partial charge >= 0.3 is 5.97 Å². The highest BCUT2D eigenvalue weighted by Crippen LogP contribution is 2.41. The normalized spacial score (nSPS) is 18.2. The molecule has 4 nitrogen and oxygen atoms in total. The average Bonchev–Trinajstić information content (AvgIpc) is 2.54. The van der Waals surface area contributed by atoms with E-state index >= 15 is 0 Å². The first kappa shape index (κ1) is 11.9. The molecule has 0 fully saturated rings. The van der Waals surface area contributed by atoms with E-state index in [0.29, 0.717) is 16.9 Å². The number of carbonyl (C=O) groups is 1. The van der Waals surface area contributed by atoms with Gasteiger partial charge in [-0.25, -0.2) is 4.79 Å². The van der Waals surface area contributed by atoms with Crippen LogP contribution in [0.2, 0.25) is 0 Å². The van der Waals surface area contributed by atoms with Crippen LogP contribution in [0.4, 0.5) is 0 Å². The number of methoxy groups -OCH3 is 1. The van der Waals surface area contributed by atoms with Crippen molar-refractivity contribution in [3.63, 3.8) is 0 Å². The number of fused-ring (bicyclic) bond motifs is 1. The lowest BCUT2D eigenvalue weighted by molar-refractivity contribution is -0.0553. The van der Waals surface area contributed by atoms with Gasteiger partial charge in [-0.2, -0.15) is 0 Å². The van der Waals surface area contributed by atoms with Gasteiger partial charge in [0.25, 0.3) is 0 Å². The van der Waals surface area contributed by atoms with Gasteiger partial charge in [0.05, 0.1) is 12.7 Å². The Labute approximate surface area is 100 Å². The van der Waals surface area contributed by atoms with Gasteiger partial charge in [0, 0.05) is 11.1 Å². The molecule has 0 bridgehead atoms. The van der Waals surface area contributed by atoms with Crippen molar-refractivity contribution in [2.75, 3.05) is 7.11 Å². The maximum atomic E-state index is 11.6. The molecule has 0 spiro atoms. The molecule has 4 heteroatoms. The largest absolute Gasteiger partial charge is 0.496 e. The molecule has 1 atom stereocenters. The van der Waals surface area contributed by atoms with E-state index in [0.717, 1.165) is 11.1 Å². The predicted molar refractivity (Wildman–Crippen MR) is 62.2 cm³/mol. The lowest BCUT2D eigenvalue weighted by Crippen LogP contribution is -2.05. The van der Waals surface area contributed by atoms with Crippen LogP contribution in [0.15, 0.2) is 6.07 Å². The van der Waals surface area contributed by atoms with Gasteiger partial charge in [0.15, 0.2) is 0 Å². The van der Waals surface area contributed by atoms with E-state index in [4.69, 9.17) is 9.47 Å². The molecule has 1 unspecified atom stereocenters. The summed E-state index contributed by atoms with van der Waals surface area (Å²) in [7, 11) is 1.58. The molecule has 0 aromatic heterocycles. The first-order valence-electron chi connectivity index (χ1n) is 5.57. The zero-order valence-corrected chi connectivity index (χ0v) is 10.4. The Morgan fingerprint density at radius 2 is 2.12 bits per heavy atom. The fourth-order valence-corrected chi connectivity index (χ4v) is 2.34. The van der Waals surface area contributed by atoms with E-state index in [-0.39, 0.29) is 5.92 Å². The number of benzene rings is 1. The highest BCUT2D eigenvalue weighted by molar-refractivity contribution is 5.96. The topological polar surface area (TPSA) is 55.8 Å². The molecular weight excluding hydrogens is 220 g/mol. The Hall–Kier alpha value is -1.55. The Kier molecular flexibility index (Phi) is 2.83. The second-order valence-corrected chi connectivity index (χ2v) is 4.51. The van der Waals surface area contributed by atoms with Crippen LogP contribution in [0.3, 0.4) is 0 Å². The van der Waals surface area contributed by atoms with Gasteiger partial charge < -0.3 is 14.6 Å². The van der Waals surface area contributed by atoms with E-state index < -0.39 is 12.3 Å². The Balaban J connectivity index is 2.78. The van der Waals surface area contributed by atoms with Crippen LogP contribution in [0, 0.1) is 6.92 Å². The Morgan fingerprint density at radius 1 is 1.47 bits per heavy atom. The standard InChI is InChI=1S/C13H16O4/c1-6(2)9-8(16-4)5-7(3)10-11(9)13(15)17-12(10)14/h5-6,13,15H,1-4H3. The summed E-state index contributed by atoms with van der Waals surface area (Å²) in [6.45, 7) is 5.79. The van der Waals surface area contributed by atoms with Crippen LogP contribution in [-0.4, -0.2) is 18.2 Å². The minimum atomic E-state index is -1.18. The van der Waals surface area contributed by atoms with E-state index in [2.05, 4.69) is 0 Å². The van der Waals surface area contributed by atoms with Gasteiger partial charge in [-0.1, -0.05) is 13.8 Å². The SMILES string of the molecule is COc1cc(C)c2c(c1C(C)C)C(O)OC2=O. The van der Waals surface area contributed by atoms with Crippen molar-refractivity contribution in [2.45, 2.75) is 33.0 Å². The number of ether oxygens (including phenoxy) is 2. The molecule has 1 N–H and O–H groups in total. The maximum absolute atomic E-state index is 11.6. The Morgan fingerprint density at radius 3 is 2.65 bits per heavy atom. The lowest BCUT2D eigenvalue weighted by Gasteiger charge is -2.17. The first-order chi connectivity index (χ1) is 7.97. The third kappa shape index (κ3) is 1.69. The molecule has 0 saturated heterocycles. The summed E-state index contributed by atoms with van der Waals surface area (Å²) in [6.07, 6.45) is -1.18. The third-order valence-electron chi connectivity index (χ3n) is 3.03. The van der Waals surface area contributed by atoms with Crippen molar-refractivity contribution in [3.05, 3.63) is 28.3 Å². The van der Waals surface area contributed by atoms with E-state index in [1.165, 1.54) is 0 Å². The van der Waals surface area contributed by atoms with E-state index in [1.807, 2.05) is 26.8 Å². The number of carbonyl (C=O) groups excluding carboxylic acids is 1. The summed E-state index contributed by atoms with van der Waals surface area (Å²) in [5.74, 6) is 0.367. The van der Waals surface area contributed by atoms with Crippen molar-refractivity contribution in [3.8, 4) is 5.75 Å². The summed E-state index contributed by atoms with van der Waals surface area (Å²) < 4.78 is 10.2. The Bertz CT molecular complexity index is 477. The van der Waals surface area contributed by atoms with Crippen molar-refractivity contribution in [1.82, 2.24) is 0 Å². The fraction of sp³-hybridized carbons (Fsp3) is 0.462. The molecule has 1 aliphatic heterocycles. The van der Waals surface area contributed by atoms with Crippen LogP contribution < -0.4 is 4.74 Å². The zero-order valence-electron chi connectivity index (χ0n) is 10.4. The van der Waals surface area contributed by atoms with Crippen LogP contribution in [0.25, 0.3) is 0 Å². The number of hydrogen-bond acceptors (Lipinski definition) is 4. The van der Waals surface area contributed by atoms with Gasteiger partial charge in [-0.3, -0.25) is 0 Å². The predicted octanol–water partition coefficient (Wildman–Crippen LogP) is 2.29. The van der Waals surface area contributed by atoms with Crippen LogP contribution >= 0.6 is 0 Å². The number of esters is 1. The van der Waals surface area contributed by atoms with Crippen molar-refractivity contribution in [2.24, 2.45) is 0 Å². The molecule has 0 radical (unpaired) electrons. The number of rotatable bonds is 2. The monoisotopic (exact) mass is 236 g/mol. The van der Waals surface area contributed by atoms with Crippen molar-refractivity contribution in [1.29, 1.82) is 0 Å². The number of aliphatic hydroxyl groups is 1. The molecule has 1 aliphatic rings. The quantitative estimate of drug-likeness (QED) is 0.800. The fourth-order valence-electron chi connectivity index (χ4n) is 2.34. The average molecular weight is 236 g/mol. The number of aryl methyl sites for hydroxylation is 1. The summed E-state index contributed by atoms with van der Waals surface area (Å²) in [6, 6.07) is 1.81. The molecule has 2 rings (SSSR count). The van der Waals surface area contributed by atoms with E-state index in [1.54, 1.807) is 7.11 Å². The van der Waals surface area contributed by atoms with Gasteiger partial charge in [-0.15, -0.1) is 0 Å². The second kappa shape index (κ2) is 4.04. The number of cyclic esters (lactones) is 1. The van der Waals surface area contributed by atoms with Crippen LogP contribution in [0.1, 0.15) is 53.1 Å². The summed E-state index contributed by atoms with van der Waals surface area (Å²) >= 11 is 0. The highest BCUT2D eigenvalue weighted by atomic mass is 16.6. The van der Waals surface area contributed by atoms with E-state index in [9.17, 15) is 9.90 Å². The molecule has 1 aromatic carbocycles. The smallest absolute Gasteiger partial charge is 0.341 e. The van der Waals surface area contributed by atoms with Crippen molar-refractivity contribution >= 4 is 5.97 Å². The lowest BCUT2D eigenvalue weighted by atomic mass is 9.90. The minimum absolute atomic E-state index is 0.142. The number of hydrogen-bond donors (Lipinski definition) is 1. The molecule has 17 heavy (non-hydrogen) atoms. The molecule has 1 heterocycles. The molecule has 1 aromatic rings. The maximum Gasteiger partial charge on any atom is 0.341 e. The zero-order chi connectivity index (χ0) is 12.7. The van der Waals surface area contributed by atoms with Crippen LogP contribution in [0.5, 0.6) is 5.75 Å². The minimum Gasteiger partial charge on any atom is -0.496 e. The molecule has 0 aliphatic carbocycles. The number of aliphatic hydroxyl groups excluding tert-OH is 1. The summed E-state index contributed by atoms with van der Waals surface area (Å²) in [5, 5.41) is 9.83. The molecular formula is C13H16O4. The van der Waals surface area contributed by atoms with Gasteiger partial charge in [0.1, 0.15) is 5.75 Å². The molecule has 92 valence electrons. The molecule has 0 amide bonds. The molecule has 0 saturated carbocycles. The second-order valence-electron chi connectivity index (χ2n) is 4.51. The van der Waals surface area contributed by atoms with Crippen molar-refractivity contribution < 1.29 is 19.4 Å². The van der Waals surface area contributed by atoms with Gasteiger partial charge in [-0.05, 0) is 24.5 Å². The van der Waals surface area contributed by atoms with Crippen LogP contribution in [-0.2, 0) is 4.74 Å². The summed E-state index contributed by atoms with van der Waals surface area (Å²) in [4.78, 5) is 11.6. The first-order valence-corrected chi connectivity index (χ1v) is 5.57. The van der Waals surface area contributed by atoms with Gasteiger partial charge in [0.2, 0.25) is 6.29 Å². The third-order valence-corrected chi connectivity index (χ3v) is 3.03. The highest BCUT2D eigenvalue weighted by Gasteiger charge is 2.36.